The number of carbonyl (C=O) groups excluding carboxylic acids is 1. The maximum absolute atomic E-state index is 13.7. The second-order valence-electron chi connectivity index (χ2n) is 10.6. The van der Waals surface area contributed by atoms with Gasteiger partial charge in [0.25, 0.3) is 5.56 Å². The number of aryl methyl sites for hydroxylation is 2. The third-order valence-electron chi connectivity index (χ3n) is 6.71. The Hall–Kier alpha value is -3.07. The summed E-state index contributed by atoms with van der Waals surface area (Å²) >= 11 is 0. The zero-order valence-corrected chi connectivity index (χ0v) is 22.6. The van der Waals surface area contributed by atoms with Crippen molar-refractivity contribution in [2.75, 3.05) is 0 Å². The number of carbonyl (C=O) groups is 1. The number of benzene rings is 2. The average Bonchev–Trinajstić information content (AvgIpc) is 3.33. The van der Waals surface area contributed by atoms with E-state index >= 15 is 0 Å². The van der Waals surface area contributed by atoms with Crippen LogP contribution in [0.4, 0.5) is 0 Å². The normalized spacial score (nSPS) is 11.3. The number of hydrogen-bond donors (Lipinski definition) is 1. The molecule has 0 saturated carbocycles. The molecule has 0 aliphatic heterocycles. The number of ketones is 1. The van der Waals surface area contributed by atoms with Crippen molar-refractivity contribution in [3.05, 3.63) is 92.1 Å². The van der Waals surface area contributed by atoms with E-state index in [0.29, 0.717) is 23.6 Å². The topological polar surface area (TPSA) is 111 Å². The molecule has 2 aromatic heterocycles. The van der Waals surface area contributed by atoms with Crippen molar-refractivity contribution in [1.29, 1.82) is 0 Å². The van der Waals surface area contributed by atoms with E-state index in [-0.39, 0.29) is 47.4 Å². The van der Waals surface area contributed by atoms with Crippen molar-refractivity contribution in [2.45, 2.75) is 66.8 Å². The first-order valence-corrected chi connectivity index (χ1v) is 13.0. The first-order chi connectivity index (χ1) is 18.1. The molecule has 2 heterocycles. The Balaban J connectivity index is 0.00000420. The Morgan fingerprint density at radius 2 is 1.69 bits per heavy atom. The van der Waals surface area contributed by atoms with Crippen molar-refractivity contribution in [1.82, 2.24) is 19.7 Å². The Morgan fingerprint density at radius 3 is 2.28 bits per heavy atom. The van der Waals surface area contributed by atoms with E-state index in [1.54, 1.807) is 6.92 Å². The summed E-state index contributed by atoms with van der Waals surface area (Å²) in [5.41, 5.74) is 4.31. The van der Waals surface area contributed by atoms with E-state index in [0.717, 1.165) is 47.2 Å². The quantitative estimate of drug-likeness (QED) is 0.315. The molecule has 0 bridgehead atoms. The molecule has 39 heavy (non-hydrogen) atoms. The molecule has 2 aromatic carbocycles. The van der Waals surface area contributed by atoms with Gasteiger partial charge in [-0.15, -0.1) is 0 Å². The van der Waals surface area contributed by atoms with Gasteiger partial charge in [-0.2, -0.15) is 0 Å². The van der Waals surface area contributed by atoms with Crippen LogP contribution in [0.25, 0.3) is 22.5 Å². The van der Waals surface area contributed by atoms with Crippen LogP contribution in [0.3, 0.4) is 0 Å². The molecule has 8 nitrogen and oxygen atoms in total. The van der Waals surface area contributed by atoms with E-state index in [4.69, 9.17) is 4.98 Å². The summed E-state index contributed by atoms with van der Waals surface area (Å²) in [5, 5.41) is 3.83. The standard InChI is InChI=1S/C30H34N4O4.Na.H/c1-6-7-12-25-24(28(36)34(19(2)31-25)18-26(35)30(3,4)5)17-20-13-15-21(16-14-20)22-10-8-9-11-23(22)27-32-29(37)38-33-27;;/h8-11,13-16H,6-7,12,17-18H2,1-5H3,(H,32,33,37);;. The summed E-state index contributed by atoms with van der Waals surface area (Å²) < 4.78 is 6.20. The summed E-state index contributed by atoms with van der Waals surface area (Å²) in [6.07, 6.45) is 3.07. The van der Waals surface area contributed by atoms with Gasteiger partial charge in [0.2, 0.25) is 0 Å². The molecule has 0 saturated heterocycles. The Kier molecular flexibility index (Phi) is 10.0. The van der Waals surface area contributed by atoms with Crippen molar-refractivity contribution in [3.8, 4) is 22.5 Å². The van der Waals surface area contributed by atoms with Gasteiger partial charge >= 0.3 is 35.3 Å². The zero-order chi connectivity index (χ0) is 27.4. The van der Waals surface area contributed by atoms with Crippen LogP contribution in [-0.2, 0) is 24.2 Å². The van der Waals surface area contributed by atoms with E-state index in [1.165, 1.54) is 4.57 Å². The van der Waals surface area contributed by atoms with Crippen LogP contribution in [0, 0.1) is 12.3 Å². The fraction of sp³-hybridized carbons (Fsp3) is 0.367. The number of unbranched alkanes of at least 4 members (excludes halogenated alkanes) is 1. The van der Waals surface area contributed by atoms with Gasteiger partial charge in [-0.3, -0.25) is 23.7 Å². The monoisotopic (exact) mass is 538 g/mol. The third kappa shape index (κ3) is 7.12. The van der Waals surface area contributed by atoms with Gasteiger partial charge < -0.3 is 0 Å². The molecule has 0 unspecified atom stereocenters. The molecule has 4 aromatic rings. The predicted octanol–water partition coefficient (Wildman–Crippen LogP) is 4.46. The Bertz CT molecular complexity index is 1560. The predicted molar refractivity (Wildman–Crippen MR) is 154 cm³/mol. The van der Waals surface area contributed by atoms with Crippen molar-refractivity contribution >= 4 is 35.3 Å². The number of rotatable bonds is 9. The zero-order valence-electron chi connectivity index (χ0n) is 22.6. The molecular formula is C30H35N4NaO4. The number of nitrogens with zero attached hydrogens (tertiary/aromatic N) is 3. The number of nitrogens with one attached hydrogen (secondary N) is 1. The van der Waals surface area contributed by atoms with Crippen molar-refractivity contribution < 1.29 is 9.32 Å². The summed E-state index contributed by atoms with van der Waals surface area (Å²) in [4.78, 5) is 45.3. The fourth-order valence-electron chi connectivity index (χ4n) is 4.35. The second kappa shape index (κ2) is 12.9. The second-order valence-corrected chi connectivity index (χ2v) is 10.6. The van der Waals surface area contributed by atoms with Gasteiger partial charge in [0.1, 0.15) is 5.82 Å². The maximum atomic E-state index is 13.7. The van der Waals surface area contributed by atoms with Crippen LogP contribution >= 0.6 is 0 Å². The minimum atomic E-state index is -0.606. The summed E-state index contributed by atoms with van der Waals surface area (Å²) in [6.45, 7) is 9.51. The molecule has 0 fully saturated rings. The van der Waals surface area contributed by atoms with E-state index in [1.807, 2.05) is 69.3 Å². The molecule has 0 amide bonds. The first kappa shape index (κ1) is 30.5. The van der Waals surface area contributed by atoms with Crippen LogP contribution in [0.5, 0.6) is 0 Å². The Morgan fingerprint density at radius 1 is 1.03 bits per heavy atom. The molecule has 1 N–H and O–H groups in total. The average molecular weight is 539 g/mol. The van der Waals surface area contributed by atoms with Gasteiger partial charge in [0, 0.05) is 23.0 Å². The molecular weight excluding hydrogens is 503 g/mol. The van der Waals surface area contributed by atoms with Gasteiger partial charge in [-0.05, 0) is 36.5 Å². The van der Waals surface area contributed by atoms with Gasteiger partial charge in [-0.25, -0.2) is 9.78 Å². The van der Waals surface area contributed by atoms with E-state index < -0.39 is 11.2 Å². The summed E-state index contributed by atoms with van der Waals surface area (Å²) in [7, 11) is 0. The van der Waals surface area contributed by atoms with Gasteiger partial charge in [-0.1, -0.05) is 87.8 Å². The van der Waals surface area contributed by atoms with Crippen LogP contribution in [0.2, 0.25) is 0 Å². The van der Waals surface area contributed by atoms with Crippen LogP contribution in [0.15, 0.2) is 62.6 Å². The molecule has 0 aliphatic rings. The molecule has 0 radical (unpaired) electrons. The van der Waals surface area contributed by atoms with Crippen LogP contribution in [-0.4, -0.2) is 55.0 Å². The number of aromatic amines is 1. The molecule has 0 spiro atoms. The van der Waals surface area contributed by atoms with Crippen LogP contribution in [0.1, 0.15) is 63.2 Å². The minimum absolute atomic E-state index is 0. The molecule has 9 heteroatoms. The van der Waals surface area contributed by atoms with Crippen LogP contribution < -0.4 is 11.3 Å². The van der Waals surface area contributed by atoms with E-state index in [2.05, 4.69) is 21.6 Å². The number of aromatic nitrogens is 4. The number of hydrogen-bond acceptors (Lipinski definition) is 6. The van der Waals surface area contributed by atoms with E-state index in [9.17, 15) is 14.4 Å². The summed E-state index contributed by atoms with van der Waals surface area (Å²) in [6, 6.07) is 15.6. The Labute approximate surface area is 250 Å². The number of Topliss-reactive ketones (excluding diaryl/α,β-unsaturated/α-hetero) is 1. The summed E-state index contributed by atoms with van der Waals surface area (Å²) in [5.74, 6) is 0.324. The van der Waals surface area contributed by atoms with Crippen molar-refractivity contribution in [3.63, 3.8) is 0 Å². The molecule has 0 aliphatic carbocycles. The molecule has 200 valence electrons. The first-order valence-electron chi connectivity index (χ1n) is 13.0. The van der Waals surface area contributed by atoms with Gasteiger partial charge in [0.05, 0.1) is 12.2 Å². The SMILES string of the molecule is CCCCc1nc(C)n(CC(=O)C(C)(C)C)c(=O)c1Cc1ccc(-c2ccccc2-c2noc(=O)[nH]2)cc1.[NaH]. The van der Waals surface area contributed by atoms with Crippen molar-refractivity contribution in [2.24, 2.45) is 5.41 Å². The molecule has 4 rings (SSSR count). The third-order valence-corrected chi connectivity index (χ3v) is 6.71. The number of H-pyrrole nitrogens is 1. The molecule has 0 atom stereocenters. The van der Waals surface area contributed by atoms with Gasteiger partial charge in [0.15, 0.2) is 11.6 Å². The fourth-order valence-corrected chi connectivity index (χ4v) is 4.35.